The fraction of sp³-hybridized carbons (Fsp3) is 0.269. The Morgan fingerprint density at radius 1 is 1.14 bits per heavy atom. The molecule has 1 saturated heterocycles. The Morgan fingerprint density at radius 3 is 2.57 bits per heavy atom. The second-order valence-corrected chi connectivity index (χ2v) is 8.65. The Labute approximate surface area is 212 Å². The number of nitrogens with zero attached hydrogens (tertiary/aromatic N) is 4. The van der Waals surface area contributed by atoms with E-state index in [1.54, 1.807) is 6.07 Å². The first kappa shape index (κ1) is 26.0. The highest BCUT2D eigenvalue weighted by Gasteiger charge is 2.36. The lowest BCUT2D eigenvalue weighted by Gasteiger charge is -2.34. The number of benzene rings is 2. The van der Waals surface area contributed by atoms with Crippen LogP contribution in [0.1, 0.15) is 11.1 Å². The third kappa shape index (κ3) is 6.56. The lowest BCUT2D eigenvalue weighted by Crippen LogP contribution is -2.44. The van der Waals surface area contributed by atoms with E-state index >= 15 is 0 Å². The van der Waals surface area contributed by atoms with Crippen LogP contribution in [-0.4, -0.2) is 54.0 Å². The molecule has 2 N–H and O–H groups in total. The van der Waals surface area contributed by atoms with Crippen molar-refractivity contribution < 1.29 is 22.7 Å². The van der Waals surface area contributed by atoms with Gasteiger partial charge in [-0.05, 0) is 55.9 Å². The van der Waals surface area contributed by atoms with Gasteiger partial charge in [-0.15, -0.1) is 0 Å². The van der Waals surface area contributed by atoms with Crippen LogP contribution in [0.4, 0.5) is 36.2 Å². The molecule has 8 nitrogen and oxygen atoms in total. The molecule has 1 aliphatic rings. The van der Waals surface area contributed by atoms with E-state index in [9.17, 15) is 18.0 Å². The van der Waals surface area contributed by atoms with E-state index in [0.717, 1.165) is 43.5 Å². The maximum absolute atomic E-state index is 13.7. The van der Waals surface area contributed by atoms with E-state index < -0.39 is 23.5 Å². The molecule has 1 aromatic heterocycles. The molecule has 0 aliphatic carbocycles. The van der Waals surface area contributed by atoms with Crippen LogP contribution in [0.25, 0.3) is 0 Å². The fourth-order valence-corrected chi connectivity index (χ4v) is 3.81. The number of carbonyl (C=O) groups is 1. The van der Waals surface area contributed by atoms with Crippen LogP contribution < -0.4 is 20.3 Å². The quantitative estimate of drug-likeness (QED) is 0.420. The summed E-state index contributed by atoms with van der Waals surface area (Å²) in [6, 6.07) is 11.8. The van der Waals surface area contributed by atoms with Crippen molar-refractivity contribution in [3.05, 3.63) is 72.4 Å². The van der Waals surface area contributed by atoms with E-state index in [-0.39, 0.29) is 11.7 Å². The largest absolute Gasteiger partial charge is 0.438 e. The number of aryl methyl sites for hydroxylation is 1. The number of anilines is 4. The zero-order valence-corrected chi connectivity index (χ0v) is 20.5. The minimum atomic E-state index is -4.73. The molecule has 0 spiro atoms. The van der Waals surface area contributed by atoms with Gasteiger partial charge in [-0.1, -0.05) is 12.6 Å². The number of rotatable bonds is 7. The molecule has 1 amide bonds. The van der Waals surface area contributed by atoms with Gasteiger partial charge < -0.3 is 25.2 Å². The maximum Gasteiger partial charge on any atom is 0.423 e. The highest BCUT2D eigenvalue weighted by atomic mass is 19.4. The summed E-state index contributed by atoms with van der Waals surface area (Å²) in [5, 5.41) is 5.53. The number of carbonyl (C=O) groups excluding carboxylic acids is 1. The van der Waals surface area contributed by atoms with Crippen molar-refractivity contribution in [2.45, 2.75) is 13.1 Å². The lowest BCUT2D eigenvalue weighted by molar-refractivity contribution is -0.139. The number of ether oxygens (including phenoxy) is 1. The second-order valence-electron chi connectivity index (χ2n) is 8.65. The molecule has 37 heavy (non-hydrogen) atoms. The Bertz CT molecular complexity index is 1290. The number of alkyl halides is 3. The number of piperazine rings is 1. The van der Waals surface area contributed by atoms with E-state index in [2.05, 4.69) is 44.0 Å². The summed E-state index contributed by atoms with van der Waals surface area (Å²) in [6.07, 6.45) is -2.97. The maximum atomic E-state index is 13.7. The highest BCUT2D eigenvalue weighted by Crippen LogP contribution is 2.38. The number of nitrogens with one attached hydrogen (secondary N) is 2. The van der Waals surface area contributed by atoms with Gasteiger partial charge in [0, 0.05) is 55.5 Å². The number of hydrogen-bond donors (Lipinski definition) is 2. The van der Waals surface area contributed by atoms with Gasteiger partial charge in [-0.2, -0.15) is 18.2 Å². The summed E-state index contributed by atoms with van der Waals surface area (Å²) < 4.78 is 46.5. The topological polar surface area (TPSA) is 82.6 Å². The van der Waals surface area contributed by atoms with Crippen molar-refractivity contribution in [1.82, 2.24) is 14.9 Å². The molecule has 0 atom stereocenters. The first-order valence-corrected chi connectivity index (χ1v) is 11.6. The van der Waals surface area contributed by atoms with Gasteiger partial charge in [0.25, 0.3) is 0 Å². The van der Waals surface area contributed by atoms with Gasteiger partial charge in [0.15, 0.2) is 0 Å². The van der Waals surface area contributed by atoms with E-state index in [1.807, 2.05) is 25.1 Å². The fourth-order valence-electron chi connectivity index (χ4n) is 3.81. The zero-order valence-electron chi connectivity index (χ0n) is 20.5. The van der Waals surface area contributed by atoms with E-state index in [1.165, 1.54) is 18.2 Å². The van der Waals surface area contributed by atoms with Crippen LogP contribution in [0.15, 0.2) is 61.3 Å². The smallest absolute Gasteiger partial charge is 0.423 e. The predicted octanol–water partition coefficient (Wildman–Crippen LogP) is 5.22. The number of likely N-dealkylation sites (N-methyl/N-ethyl adjacent to an activating group) is 1. The summed E-state index contributed by atoms with van der Waals surface area (Å²) in [7, 11) is 2.09. The van der Waals surface area contributed by atoms with Gasteiger partial charge in [0.05, 0.1) is 0 Å². The standard InChI is InChI=1S/C26H27F3N6O2/c1-4-23(36)31-18-6-5-7-20(15-18)37-24-21(26(27,28)29)16-30-25(33-24)32-22-9-8-19(14-17(22)2)35-12-10-34(3)11-13-35/h4-9,14-16H,1,10-13H2,2-3H3,(H,31,36)(H,30,32,33). The molecular weight excluding hydrogens is 485 g/mol. The molecular formula is C26H27F3N6O2. The van der Waals surface area contributed by atoms with Gasteiger partial charge in [0.1, 0.15) is 11.3 Å². The zero-order chi connectivity index (χ0) is 26.6. The van der Waals surface area contributed by atoms with Crippen LogP contribution in [0, 0.1) is 6.92 Å². The molecule has 0 unspecified atom stereocenters. The molecule has 1 fully saturated rings. The lowest BCUT2D eigenvalue weighted by atomic mass is 10.1. The molecule has 2 heterocycles. The average molecular weight is 513 g/mol. The number of halogens is 3. The van der Waals surface area contributed by atoms with E-state index in [4.69, 9.17) is 4.74 Å². The molecule has 11 heteroatoms. The number of amides is 1. The van der Waals surface area contributed by atoms with Crippen LogP contribution in [0.2, 0.25) is 0 Å². The first-order valence-electron chi connectivity index (χ1n) is 11.6. The summed E-state index contributed by atoms with van der Waals surface area (Å²) in [6.45, 7) is 9.07. The number of aromatic nitrogens is 2. The van der Waals surface area contributed by atoms with Crippen LogP contribution >= 0.6 is 0 Å². The SMILES string of the molecule is C=CC(=O)Nc1cccc(Oc2nc(Nc3ccc(N4CCN(C)CC4)cc3C)ncc2C(F)(F)F)c1. The molecule has 1 aliphatic heterocycles. The van der Waals surface area contributed by atoms with Crippen molar-refractivity contribution >= 4 is 28.9 Å². The summed E-state index contributed by atoms with van der Waals surface area (Å²) >= 11 is 0. The van der Waals surface area contributed by atoms with Crippen molar-refractivity contribution in [3.63, 3.8) is 0 Å². The van der Waals surface area contributed by atoms with Gasteiger partial charge in [-0.3, -0.25) is 4.79 Å². The highest BCUT2D eigenvalue weighted by molar-refractivity contribution is 5.98. The van der Waals surface area contributed by atoms with Crippen molar-refractivity contribution in [2.24, 2.45) is 0 Å². The average Bonchev–Trinajstić information content (AvgIpc) is 2.85. The minimum absolute atomic E-state index is 0.0467. The molecule has 194 valence electrons. The van der Waals surface area contributed by atoms with Gasteiger partial charge >= 0.3 is 6.18 Å². The molecule has 0 saturated carbocycles. The van der Waals surface area contributed by atoms with Crippen molar-refractivity contribution in [2.75, 3.05) is 48.8 Å². The summed E-state index contributed by atoms with van der Waals surface area (Å²) in [5.74, 6) is -1.11. The predicted molar refractivity (Wildman–Crippen MR) is 137 cm³/mol. The van der Waals surface area contributed by atoms with Crippen molar-refractivity contribution in [1.29, 1.82) is 0 Å². The molecule has 4 rings (SSSR count). The molecule has 2 aromatic carbocycles. The van der Waals surface area contributed by atoms with Gasteiger partial charge in [0.2, 0.25) is 17.7 Å². The normalized spacial score (nSPS) is 14.2. The van der Waals surface area contributed by atoms with Gasteiger partial charge in [-0.25, -0.2) is 4.98 Å². The molecule has 0 bridgehead atoms. The third-order valence-corrected chi connectivity index (χ3v) is 5.89. The van der Waals surface area contributed by atoms with E-state index in [0.29, 0.717) is 17.6 Å². The molecule has 0 radical (unpaired) electrons. The van der Waals surface area contributed by atoms with Crippen LogP contribution in [0.5, 0.6) is 11.6 Å². The van der Waals surface area contributed by atoms with Crippen molar-refractivity contribution in [3.8, 4) is 11.6 Å². The summed E-state index contributed by atoms with van der Waals surface area (Å²) in [4.78, 5) is 24.0. The first-order chi connectivity index (χ1) is 17.6. The number of hydrogen-bond acceptors (Lipinski definition) is 7. The third-order valence-electron chi connectivity index (χ3n) is 5.89. The van der Waals surface area contributed by atoms with Crippen LogP contribution in [0.3, 0.4) is 0 Å². The Kier molecular flexibility index (Phi) is 7.63. The molecule has 3 aromatic rings. The Balaban J connectivity index is 1.57. The van der Waals surface area contributed by atoms with Crippen LogP contribution in [-0.2, 0) is 11.0 Å². The minimum Gasteiger partial charge on any atom is -0.438 e. The Hall–Kier alpha value is -4.12. The monoisotopic (exact) mass is 512 g/mol. The second kappa shape index (κ2) is 10.9. The summed E-state index contributed by atoms with van der Waals surface area (Å²) in [5.41, 5.74) is 1.85. The Morgan fingerprint density at radius 2 is 1.89 bits per heavy atom.